The van der Waals surface area contributed by atoms with E-state index in [9.17, 15) is 8.42 Å². The van der Waals surface area contributed by atoms with Gasteiger partial charge in [0, 0.05) is 0 Å². The van der Waals surface area contributed by atoms with Crippen molar-refractivity contribution in [3.05, 3.63) is 0 Å². The van der Waals surface area contributed by atoms with Crippen molar-refractivity contribution >= 4 is 10.1 Å². The van der Waals surface area contributed by atoms with Crippen LogP contribution >= 0.6 is 0 Å². The smallest absolute Gasteiger partial charge is 0.282 e. The van der Waals surface area contributed by atoms with E-state index in [0.29, 0.717) is 0 Å². The van der Waals surface area contributed by atoms with Gasteiger partial charge >= 0.3 is 0 Å². The average molecular weight is 229 g/mol. The molecule has 0 atom stereocenters. The second kappa shape index (κ2) is 5.59. The molecular weight excluding hydrogens is 214 g/mol. The molecule has 0 heterocycles. The highest BCUT2D eigenvalue weighted by molar-refractivity contribution is 7.86. The Labute approximate surface area is 82.4 Å². The van der Waals surface area contributed by atoms with Crippen LogP contribution in [0.2, 0.25) is 0 Å². The summed E-state index contributed by atoms with van der Waals surface area (Å²) in [5.74, 6) is -0.252. The molecule has 14 heavy (non-hydrogen) atoms. The van der Waals surface area contributed by atoms with Gasteiger partial charge < -0.3 is 15.3 Å². The van der Waals surface area contributed by atoms with E-state index in [2.05, 4.69) is 4.28 Å². The summed E-state index contributed by atoms with van der Waals surface area (Å²) < 4.78 is 26.0. The molecule has 8 heteroatoms. The molecular formula is C6H15NO6S. The first-order valence-corrected chi connectivity index (χ1v) is 5.54. The highest BCUT2D eigenvalue weighted by Crippen LogP contribution is 2.03. The number of nitrogens with one attached hydrogen (secondary N) is 1. The normalized spacial score (nSPS) is 13.1. The van der Waals surface area contributed by atoms with Gasteiger partial charge in [-0.1, -0.05) is 0 Å². The molecule has 4 N–H and O–H groups in total. The Morgan fingerprint density at radius 2 is 1.64 bits per heavy atom. The number of hydrogen-bond acceptors (Lipinski definition) is 7. The maximum absolute atomic E-state index is 10.9. The van der Waals surface area contributed by atoms with Gasteiger partial charge in [0.15, 0.2) is 0 Å². The number of aliphatic hydroxyl groups is 3. The molecule has 0 bridgehead atoms. The monoisotopic (exact) mass is 229 g/mol. The van der Waals surface area contributed by atoms with E-state index in [4.69, 9.17) is 15.3 Å². The molecule has 0 radical (unpaired) electrons. The maximum Gasteiger partial charge on any atom is 0.282 e. The van der Waals surface area contributed by atoms with Gasteiger partial charge in [-0.3, -0.25) is 0 Å². The second-order valence-electron chi connectivity index (χ2n) is 2.79. The lowest BCUT2D eigenvalue weighted by atomic mass is 10.1. The van der Waals surface area contributed by atoms with E-state index in [0.717, 1.165) is 0 Å². The topological polar surface area (TPSA) is 116 Å². The molecule has 0 amide bonds. The van der Waals surface area contributed by atoms with E-state index in [1.54, 1.807) is 0 Å². The Morgan fingerprint density at radius 1 is 1.21 bits per heavy atom. The fourth-order valence-corrected chi connectivity index (χ4v) is 0.879. The Kier molecular flexibility index (Phi) is 5.49. The minimum absolute atomic E-state index is 0.252. The molecule has 0 aliphatic heterocycles. The molecule has 0 unspecified atom stereocenters. The van der Waals surface area contributed by atoms with Crippen LogP contribution in [0.5, 0.6) is 0 Å². The molecule has 0 saturated heterocycles. The highest BCUT2D eigenvalue weighted by Gasteiger charge is 2.30. The molecule has 0 aliphatic rings. The summed E-state index contributed by atoms with van der Waals surface area (Å²) in [7, 11) is -3.73. The third-order valence-corrected chi connectivity index (χ3v) is 2.69. The van der Waals surface area contributed by atoms with Crippen molar-refractivity contribution in [1.82, 2.24) is 5.48 Å². The van der Waals surface area contributed by atoms with Crippen molar-refractivity contribution in [2.24, 2.45) is 0 Å². The zero-order valence-corrected chi connectivity index (χ0v) is 8.62. The van der Waals surface area contributed by atoms with E-state index in [1.165, 1.54) is 6.92 Å². The van der Waals surface area contributed by atoms with Crippen LogP contribution in [0.25, 0.3) is 0 Å². The Morgan fingerprint density at radius 3 is 1.93 bits per heavy atom. The van der Waals surface area contributed by atoms with Crippen LogP contribution in [-0.4, -0.2) is 54.8 Å². The molecule has 0 rings (SSSR count). The highest BCUT2D eigenvalue weighted by atomic mass is 32.2. The first kappa shape index (κ1) is 13.8. The van der Waals surface area contributed by atoms with Gasteiger partial charge in [0.2, 0.25) is 0 Å². The van der Waals surface area contributed by atoms with Crippen molar-refractivity contribution in [1.29, 1.82) is 0 Å². The minimum atomic E-state index is -3.73. The van der Waals surface area contributed by atoms with Crippen molar-refractivity contribution in [2.45, 2.75) is 12.5 Å². The van der Waals surface area contributed by atoms with Crippen molar-refractivity contribution in [2.75, 3.05) is 25.6 Å². The largest absolute Gasteiger partial charge is 0.394 e. The predicted molar refractivity (Wildman–Crippen MR) is 47.7 cm³/mol. The molecule has 0 spiro atoms. The van der Waals surface area contributed by atoms with Gasteiger partial charge in [-0.15, -0.1) is 0 Å². The van der Waals surface area contributed by atoms with Gasteiger partial charge in [-0.2, -0.15) is 18.2 Å². The summed E-state index contributed by atoms with van der Waals surface area (Å²) in [5, 5.41) is 26.4. The first-order valence-electron chi connectivity index (χ1n) is 3.96. The zero-order valence-electron chi connectivity index (χ0n) is 7.80. The van der Waals surface area contributed by atoms with Crippen LogP contribution in [0.3, 0.4) is 0 Å². The molecule has 0 saturated carbocycles. The lowest BCUT2D eigenvalue weighted by Gasteiger charge is -2.27. The molecule has 0 aromatic heterocycles. The molecule has 0 aromatic rings. The van der Waals surface area contributed by atoms with Gasteiger partial charge in [-0.25, -0.2) is 0 Å². The Hall–Kier alpha value is -0.250. The molecule has 0 aromatic carbocycles. The third-order valence-electron chi connectivity index (χ3n) is 1.65. The van der Waals surface area contributed by atoms with Crippen molar-refractivity contribution < 1.29 is 28.0 Å². The number of hydrogen-bond donors (Lipinski definition) is 4. The summed E-state index contributed by atoms with van der Waals surface area (Å²) in [4.78, 5) is 0. The van der Waals surface area contributed by atoms with Gasteiger partial charge in [0.25, 0.3) is 10.1 Å². The van der Waals surface area contributed by atoms with Crippen molar-refractivity contribution in [3.63, 3.8) is 0 Å². The Bertz CT molecular complexity index is 239. The summed E-state index contributed by atoms with van der Waals surface area (Å²) >= 11 is 0. The van der Waals surface area contributed by atoms with Crippen LogP contribution in [0.4, 0.5) is 0 Å². The lowest BCUT2D eigenvalue weighted by Crippen LogP contribution is -2.55. The van der Waals surface area contributed by atoms with Crippen LogP contribution < -0.4 is 5.48 Å². The SMILES string of the molecule is CCS(=O)(=O)ONC(CO)(CO)CO. The summed E-state index contributed by atoms with van der Waals surface area (Å²) in [6.45, 7) is -0.590. The molecule has 0 aliphatic carbocycles. The minimum Gasteiger partial charge on any atom is -0.394 e. The zero-order chi connectivity index (χ0) is 11.2. The first-order chi connectivity index (χ1) is 6.45. The van der Waals surface area contributed by atoms with Crippen molar-refractivity contribution in [3.8, 4) is 0 Å². The summed E-state index contributed by atoms with van der Waals surface area (Å²) in [6, 6.07) is 0. The third kappa shape index (κ3) is 3.86. The van der Waals surface area contributed by atoms with Crippen LogP contribution in [0, 0.1) is 0 Å². The number of aliphatic hydroxyl groups excluding tert-OH is 3. The molecule has 7 nitrogen and oxygen atoms in total. The fourth-order valence-electron chi connectivity index (χ4n) is 0.458. The van der Waals surface area contributed by atoms with Gasteiger partial charge in [-0.05, 0) is 6.92 Å². The van der Waals surface area contributed by atoms with Gasteiger partial charge in [0.1, 0.15) is 5.54 Å². The second-order valence-corrected chi connectivity index (χ2v) is 4.65. The van der Waals surface area contributed by atoms with Crippen LogP contribution in [0.1, 0.15) is 6.92 Å². The van der Waals surface area contributed by atoms with E-state index < -0.39 is 35.5 Å². The summed E-state index contributed by atoms with van der Waals surface area (Å²) in [5.41, 5.74) is 0.382. The standard InChI is InChI=1S/C6H15NO6S/c1-2-14(11,12)13-7-6(3-8,4-9)5-10/h7-10H,2-5H2,1H3. The van der Waals surface area contributed by atoms with Crippen LogP contribution in [-0.2, 0) is 14.4 Å². The maximum atomic E-state index is 10.9. The van der Waals surface area contributed by atoms with Crippen LogP contribution in [0.15, 0.2) is 0 Å². The predicted octanol–water partition coefficient (Wildman–Crippen LogP) is -2.43. The quantitative estimate of drug-likeness (QED) is 0.359. The summed E-state index contributed by atoms with van der Waals surface area (Å²) in [6.07, 6.45) is 0. The lowest BCUT2D eigenvalue weighted by molar-refractivity contribution is -0.0246. The number of rotatable bonds is 7. The number of hydroxylamine groups is 1. The Balaban J connectivity index is 4.34. The molecule has 0 fully saturated rings. The van der Waals surface area contributed by atoms with E-state index in [-0.39, 0.29) is 5.75 Å². The fraction of sp³-hybridized carbons (Fsp3) is 1.00. The molecule has 86 valence electrons. The average Bonchev–Trinajstić information content (AvgIpc) is 2.21. The van der Waals surface area contributed by atoms with E-state index >= 15 is 0 Å². The van der Waals surface area contributed by atoms with Gasteiger partial charge in [0.05, 0.1) is 25.6 Å². The van der Waals surface area contributed by atoms with E-state index in [1.807, 2.05) is 5.48 Å².